The molecule has 0 bridgehead atoms. The number of ketones is 1. The van der Waals surface area contributed by atoms with Gasteiger partial charge in [-0.25, -0.2) is 0 Å². The van der Waals surface area contributed by atoms with Gasteiger partial charge in [0.25, 0.3) is 0 Å². The van der Waals surface area contributed by atoms with Gasteiger partial charge in [-0.15, -0.1) is 0 Å². The number of allylic oxidation sites excluding steroid dienone is 2. The molecular formula is C29H49EuF3N2O2+2. The molecule has 0 aliphatic heterocycles. The van der Waals surface area contributed by atoms with Crippen molar-refractivity contribution in [2.75, 3.05) is 47.9 Å². The summed E-state index contributed by atoms with van der Waals surface area (Å²) in [6.07, 6.45) is 0.590. The van der Waals surface area contributed by atoms with E-state index in [0.717, 1.165) is 19.7 Å². The average Bonchev–Trinajstić information content (AvgIpc) is 2.75. The topological polar surface area (TPSA) is 37.3 Å². The molecule has 0 heterocycles. The van der Waals surface area contributed by atoms with Gasteiger partial charge in [0.15, 0.2) is 5.78 Å². The summed E-state index contributed by atoms with van der Waals surface area (Å²) in [5, 5.41) is 10.4. The zero-order chi connectivity index (χ0) is 26.0. The quantitative estimate of drug-likeness (QED) is 0.0918. The molecule has 1 radical (unpaired) electrons. The number of aliphatic hydroxyl groups excluding tert-OH is 1. The SMILES string of the molecule is C.C.CCCC[N+](C)(C)C[N+](C)(C)CCCC.O=C(C=C(O)C(F)(F)F)c1ccc2ccccc2c1.[Eu]. The molecule has 0 unspecified atom stereocenters. The Morgan fingerprint density at radius 1 is 0.865 bits per heavy atom. The van der Waals surface area contributed by atoms with Gasteiger partial charge < -0.3 is 5.11 Å². The van der Waals surface area contributed by atoms with Crippen molar-refractivity contribution in [3.8, 4) is 0 Å². The fraction of sp³-hybridized carbons (Fsp3) is 0.552. The van der Waals surface area contributed by atoms with Crippen molar-refractivity contribution in [3.63, 3.8) is 0 Å². The van der Waals surface area contributed by atoms with Gasteiger partial charge in [0.05, 0.1) is 41.3 Å². The maximum absolute atomic E-state index is 12.1. The number of alkyl halides is 3. The van der Waals surface area contributed by atoms with Crippen LogP contribution in [-0.2, 0) is 0 Å². The molecule has 2 rings (SSSR count). The molecule has 4 nitrogen and oxygen atoms in total. The van der Waals surface area contributed by atoms with Gasteiger partial charge in [-0.05, 0) is 29.7 Å². The molecule has 2 aromatic carbocycles. The number of quaternary nitrogens is 2. The number of carbonyl (C=O) groups is 1. The van der Waals surface area contributed by atoms with Crippen LogP contribution in [-0.4, -0.2) is 74.0 Å². The van der Waals surface area contributed by atoms with Crippen LogP contribution < -0.4 is 0 Å². The van der Waals surface area contributed by atoms with E-state index in [1.165, 1.54) is 57.6 Å². The molecular weight excluding hydrogens is 617 g/mol. The van der Waals surface area contributed by atoms with E-state index in [4.69, 9.17) is 5.11 Å². The summed E-state index contributed by atoms with van der Waals surface area (Å²) in [5.41, 5.74) is 0.0921. The first-order chi connectivity index (χ1) is 15.7. The molecule has 2 aromatic rings. The minimum atomic E-state index is -4.91. The van der Waals surface area contributed by atoms with Crippen molar-refractivity contribution >= 4 is 16.6 Å². The summed E-state index contributed by atoms with van der Waals surface area (Å²) in [6, 6.07) is 11.7. The molecule has 0 spiro atoms. The Balaban J connectivity index is -0.000000594. The summed E-state index contributed by atoms with van der Waals surface area (Å²) >= 11 is 0. The third-order valence-corrected chi connectivity index (χ3v) is 5.59. The molecule has 0 atom stereocenters. The van der Waals surface area contributed by atoms with Gasteiger partial charge in [-0.1, -0.05) is 77.9 Å². The van der Waals surface area contributed by atoms with Crippen LogP contribution in [0.5, 0.6) is 0 Å². The Labute approximate surface area is 264 Å². The summed E-state index contributed by atoms with van der Waals surface area (Å²) in [6.45, 7) is 8.42. The molecule has 0 amide bonds. The first kappa shape index (κ1) is 40.7. The number of rotatable bonds is 10. The number of halogens is 3. The van der Waals surface area contributed by atoms with E-state index in [2.05, 4.69) is 42.0 Å². The molecule has 0 aliphatic rings. The monoisotopic (exact) mass is 667 g/mol. The van der Waals surface area contributed by atoms with E-state index in [0.29, 0.717) is 0 Å². The number of nitrogens with zero attached hydrogens (tertiary/aromatic N) is 2. The molecule has 1 N–H and O–H groups in total. The minimum absolute atomic E-state index is 0. The van der Waals surface area contributed by atoms with Gasteiger partial charge in [-0.3, -0.25) is 13.8 Å². The summed E-state index contributed by atoms with van der Waals surface area (Å²) < 4.78 is 38.6. The largest absolute Gasteiger partial charge is 0.504 e. The standard InChI is InChI=1S/C14H9F3O2.C13H32N2.2CH4.Eu/c15-14(16,17)13(19)8-12(18)11-6-5-9-3-1-2-4-10(9)7-11;1-7-9-11-14(3,4)13-15(5,6)12-10-8-2;;;/h1-8,19H;7-13H2,1-6H3;2*1H4;/q;+2;;;. The Kier molecular flexibility index (Phi) is 20.3. The molecule has 0 saturated heterocycles. The van der Waals surface area contributed by atoms with E-state index < -0.39 is 17.7 Å². The van der Waals surface area contributed by atoms with Crippen molar-refractivity contribution in [1.29, 1.82) is 0 Å². The maximum atomic E-state index is 12.1. The molecule has 8 heteroatoms. The third kappa shape index (κ3) is 16.0. The Morgan fingerprint density at radius 2 is 1.32 bits per heavy atom. The second kappa shape index (κ2) is 18.5. The maximum Gasteiger partial charge on any atom is 0.448 e. The van der Waals surface area contributed by atoms with E-state index in [1.54, 1.807) is 18.2 Å². The van der Waals surface area contributed by atoms with Crippen molar-refractivity contribution in [2.24, 2.45) is 0 Å². The smallest absolute Gasteiger partial charge is 0.448 e. The van der Waals surface area contributed by atoms with E-state index >= 15 is 0 Å². The van der Waals surface area contributed by atoms with Crippen LogP contribution in [0.25, 0.3) is 10.8 Å². The number of carbonyl (C=O) groups excluding carboxylic acids is 1. The zero-order valence-electron chi connectivity index (χ0n) is 21.8. The third-order valence-electron chi connectivity index (χ3n) is 5.59. The molecule has 0 saturated carbocycles. The van der Waals surface area contributed by atoms with Crippen molar-refractivity contribution in [1.82, 2.24) is 0 Å². The predicted octanol–water partition coefficient (Wildman–Crippen LogP) is 8.00. The summed E-state index contributed by atoms with van der Waals surface area (Å²) in [4.78, 5) is 11.6. The molecule has 37 heavy (non-hydrogen) atoms. The first-order valence-corrected chi connectivity index (χ1v) is 11.9. The Hall–Kier alpha value is -0.796. The van der Waals surface area contributed by atoms with E-state index in [9.17, 15) is 18.0 Å². The summed E-state index contributed by atoms with van der Waals surface area (Å²) in [7, 11) is 9.45. The molecule has 0 aromatic heterocycles. The number of benzene rings is 2. The first-order valence-electron chi connectivity index (χ1n) is 11.9. The normalized spacial score (nSPS) is 11.9. The second-order valence-corrected chi connectivity index (χ2v) is 10.1. The van der Waals surface area contributed by atoms with Crippen LogP contribution in [0, 0.1) is 49.4 Å². The second-order valence-electron chi connectivity index (χ2n) is 10.1. The predicted molar refractivity (Wildman–Crippen MR) is 147 cm³/mol. The van der Waals surface area contributed by atoms with Crippen LogP contribution in [0.2, 0.25) is 0 Å². The molecule has 213 valence electrons. The van der Waals surface area contributed by atoms with Crippen LogP contribution in [0.15, 0.2) is 54.3 Å². The van der Waals surface area contributed by atoms with Crippen LogP contribution in [0.1, 0.15) is 64.7 Å². The molecule has 0 fully saturated rings. The van der Waals surface area contributed by atoms with Crippen LogP contribution in [0.3, 0.4) is 0 Å². The fourth-order valence-electron chi connectivity index (χ4n) is 3.98. The molecule has 0 aliphatic carbocycles. The van der Waals surface area contributed by atoms with Gasteiger partial charge >= 0.3 is 6.18 Å². The number of fused-ring (bicyclic) bond motifs is 1. The van der Waals surface area contributed by atoms with Gasteiger partial charge in [0.1, 0.15) is 0 Å². The van der Waals surface area contributed by atoms with Gasteiger partial charge in [-0.2, -0.15) is 13.2 Å². The number of hydrogen-bond acceptors (Lipinski definition) is 2. The zero-order valence-corrected chi connectivity index (χ0v) is 24.3. The average molecular weight is 667 g/mol. The summed E-state index contributed by atoms with van der Waals surface area (Å²) in [5.74, 6) is -2.79. The van der Waals surface area contributed by atoms with Crippen molar-refractivity contribution < 1.29 is 81.4 Å². The van der Waals surface area contributed by atoms with Gasteiger partial charge in [0, 0.05) is 61.0 Å². The number of unbranched alkanes of at least 4 members (excludes halogenated alkanes) is 2. The van der Waals surface area contributed by atoms with E-state index in [1.807, 2.05) is 12.1 Å². The minimum Gasteiger partial charge on any atom is -0.504 e. The van der Waals surface area contributed by atoms with Gasteiger partial charge in [0.2, 0.25) is 12.4 Å². The fourth-order valence-corrected chi connectivity index (χ4v) is 3.98. The Morgan fingerprint density at radius 3 is 1.76 bits per heavy atom. The van der Waals surface area contributed by atoms with Crippen LogP contribution >= 0.6 is 0 Å². The van der Waals surface area contributed by atoms with Crippen LogP contribution in [0.4, 0.5) is 13.2 Å². The van der Waals surface area contributed by atoms with Crippen molar-refractivity contribution in [3.05, 3.63) is 59.9 Å². The number of hydrogen-bond donors (Lipinski definition) is 1. The number of aliphatic hydroxyl groups is 1. The van der Waals surface area contributed by atoms with E-state index in [-0.39, 0.29) is 75.9 Å². The Bertz CT molecular complexity index is 940. The van der Waals surface area contributed by atoms with Crippen molar-refractivity contribution in [2.45, 2.75) is 60.6 Å².